The Morgan fingerprint density at radius 2 is 1.79 bits per heavy atom. The zero-order chi connectivity index (χ0) is 20.1. The first-order chi connectivity index (χ1) is 14.2. The van der Waals surface area contributed by atoms with E-state index in [1.54, 1.807) is 67.1 Å². The van der Waals surface area contributed by atoms with E-state index in [-0.39, 0.29) is 17.0 Å². The first-order valence-corrected chi connectivity index (χ1v) is 9.39. The van der Waals surface area contributed by atoms with Crippen molar-refractivity contribution < 1.29 is 4.79 Å². The summed E-state index contributed by atoms with van der Waals surface area (Å²) in [6, 6.07) is 15.6. The third kappa shape index (κ3) is 4.19. The topological polar surface area (TPSA) is 102 Å². The third-order valence-corrected chi connectivity index (χ3v) is 4.76. The predicted octanol–water partition coefficient (Wildman–Crippen LogP) is 2.40. The largest absolute Gasteiger partial charge is 0.271 e. The van der Waals surface area contributed by atoms with E-state index in [1.807, 2.05) is 6.07 Å². The van der Waals surface area contributed by atoms with E-state index in [0.717, 1.165) is 11.8 Å². The van der Waals surface area contributed by atoms with Crippen molar-refractivity contribution >= 4 is 29.5 Å². The molecule has 29 heavy (non-hydrogen) atoms. The number of nitrogens with one attached hydrogen (secondary N) is 1. The van der Waals surface area contributed by atoms with Gasteiger partial charge in [0.2, 0.25) is 0 Å². The van der Waals surface area contributed by atoms with Crippen molar-refractivity contribution in [2.45, 2.75) is 10.2 Å². The number of rotatable bonds is 5. The molecule has 3 heterocycles. The number of carbonyl (C=O) groups excluding carboxylic acids is 1. The van der Waals surface area contributed by atoms with Crippen LogP contribution in [0.3, 0.4) is 0 Å². The predicted molar refractivity (Wildman–Crippen MR) is 109 cm³/mol. The minimum atomic E-state index is -0.378. The van der Waals surface area contributed by atoms with E-state index >= 15 is 0 Å². The quantitative estimate of drug-likeness (QED) is 0.238. The molecule has 0 radical (unpaired) electrons. The second-order valence-electron chi connectivity index (χ2n) is 5.76. The molecule has 4 aromatic rings. The standard InChI is InChI=1S/C20H14N6O2S/c27-17(14-7-2-1-3-8-14)25-23-13-15-18(29-20-21-10-6-11-22-20)24-16-9-4-5-12-26(16)19(15)28/h1-13H,(H,25,27). The van der Waals surface area contributed by atoms with Gasteiger partial charge in [-0.1, -0.05) is 24.3 Å². The van der Waals surface area contributed by atoms with Gasteiger partial charge in [0.25, 0.3) is 11.5 Å². The van der Waals surface area contributed by atoms with Crippen LogP contribution in [0.25, 0.3) is 5.65 Å². The first kappa shape index (κ1) is 18.5. The molecule has 0 spiro atoms. The Kier molecular flexibility index (Phi) is 5.39. The lowest BCUT2D eigenvalue weighted by Crippen LogP contribution is -2.23. The van der Waals surface area contributed by atoms with Gasteiger partial charge in [-0.15, -0.1) is 0 Å². The molecule has 1 amide bonds. The maximum Gasteiger partial charge on any atom is 0.271 e. The van der Waals surface area contributed by atoms with Crippen molar-refractivity contribution in [2.75, 3.05) is 0 Å². The van der Waals surface area contributed by atoms with Gasteiger partial charge in [0, 0.05) is 24.2 Å². The minimum absolute atomic E-state index is 0.222. The number of fused-ring (bicyclic) bond motifs is 1. The van der Waals surface area contributed by atoms with Gasteiger partial charge in [0.15, 0.2) is 5.16 Å². The summed E-state index contributed by atoms with van der Waals surface area (Å²) >= 11 is 1.15. The maximum absolute atomic E-state index is 13.0. The fraction of sp³-hybridized carbons (Fsp3) is 0. The summed E-state index contributed by atoms with van der Waals surface area (Å²) in [5.74, 6) is -0.378. The normalized spacial score (nSPS) is 11.0. The number of benzene rings is 1. The number of hydrogen-bond donors (Lipinski definition) is 1. The zero-order valence-corrected chi connectivity index (χ0v) is 15.8. The molecule has 1 aromatic carbocycles. The lowest BCUT2D eigenvalue weighted by molar-refractivity contribution is 0.0955. The Labute approximate surface area is 169 Å². The van der Waals surface area contributed by atoms with Crippen molar-refractivity contribution in [1.29, 1.82) is 0 Å². The first-order valence-electron chi connectivity index (χ1n) is 8.57. The average Bonchev–Trinajstić information content (AvgIpc) is 2.77. The highest BCUT2D eigenvalue weighted by Gasteiger charge is 2.14. The summed E-state index contributed by atoms with van der Waals surface area (Å²) in [5.41, 5.74) is 3.29. The Balaban J connectivity index is 1.69. The summed E-state index contributed by atoms with van der Waals surface area (Å²) in [4.78, 5) is 38.0. The SMILES string of the molecule is O=C(NN=Cc1c(Sc2ncccn2)nc2ccccn2c1=O)c1ccccc1. The smallest absolute Gasteiger partial charge is 0.268 e. The molecule has 0 aliphatic heterocycles. The van der Waals surface area contributed by atoms with E-state index in [2.05, 4.69) is 25.5 Å². The van der Waals surface area contributed by atoms with Crippen LogP contribution in [0.15, 0.2) is 93.3 Å². The van der Waals surface area contributed by atoms with E-state index in [1.165, 1.54) is 10.6 Å². The molecule has 0 aliphatic carbocycles. The van der Waals surface area contributed by atoms with Crippen molar-refractivity contribution in [3.05, 3.63) is 94.7 Å². The Morgan fingerprint density at radius 3 is 2.59 bits per heavy atom. The molecular formula is C20H14N6O2S. The van der Waals surface area contributed by atoms with Gasteiger partial charge in [-0.25, -0.2) is 20.4 Å². The van der Waals surface area contributed by atoms with Crippen LogP contribution in [-0.4, -0.2) is 31.5 Å². The fourth-order valence-electron chi connectivity index (χ4n) is 2.50. The summed E-state index contributed by atoms with van der Waals surface area (Å²) in [7, 11) is 0. The second kappa shape index (κ2) is 8.44. The molecule has 142 valence electrons. The summed E-state index contributed by atoms with van der Waals surface area (Å²) in [5, 5.41) is 4.80. The highest BCUT2D eigenvalue weighted by molar-refractivity contribution is 7.99. The number of pyridine rings is 1. The lowest BCUT2D eigenvalue weighted by Gasteiger charge is -2.07. The van der Waals surface area contributed by atoms with Crippen molar-refractivity contribution in [2.24, 2.45) is 5.10 Å². The van der Waals surface area contributed by atoms with Gasteiger partial charge in [0.05, 0.1) is 11.8 Å². The van der Waals surface area contributed by atoms with Gasteiger partial charge in [-0.05, 0) is 42.1 Å². The van der Waals surface area contributed by atoms with E-state index < -0.39 is 0 Å². The zero-order valence-electron chi connectivity index (χ0n) is 15.0. The van der Waals surface area contributed by atoms with Gasteiger partial charge in [-0.3, -0.25) is 14.0 Å². The molecule has 0 saturated carbocycles. The molecule has 0 unspecified atom stereocenters. The molecule has 0 saturated heterocycles. The molecule has 1 N–H and O–H groups in total. The van der Waals surface area contributed by atoms with Crippen molar-refractivity contribution in [1.82, 2.24) is 24.8 Å². The number of hydrazone groups is 1. The molecule has 4 rings (SSSR count). The number of amides is 1. The number of hydrogen-bond acceptors (Lipinski definition) is 7. The molecule has 0 bridgehead atoms. The van der Waals surface area contributed by atoms with Crippen LogP contribution in [-0.2, 0) is 0 Å². The average molecular weight is 402 g/mol. The van der Waals surface area contributed by atoms with Crippen LogP contribution in [0.4, 0.5) is 0 Å². The molecule has 0 aliphatic rings. The van der Waals surface area contributed by atoms with E-state index in [0.29, 0.717) is 21.4 Å². The van der Waals surface area contributed by atoms with Gasteiger partial charge in [0.1, 0.15) is 10.7 Å². The molecule has 0 atom stereocenters. The lowest BCUT2D eigenvalue weighted by atomic mass is 10.2. The second-order valence-corrected chi connectivity index (χ2v) is 6.72. The highest BCUT2D eigenvalue weighted by atomic mass is 32.2. The van der Waals surface area contributed by atoms with Crippen LogP contribution in [0, 0.1) is 0 Å². The summed E-state index contributed by atoms with van der Waals surface area (Å²) in [6.45, 7) is 0. The van der Waals surface area contributed by atoms with Crippen LogP contribution in [0.5, 0.6) is 0 Å². The van der Waals surface area contributed by atoms with E-state index in [9.17, 15) is 9.59 Å². The summed E-state index contributed by atoms with van der Waals surface area (Å²) in [6.07, 6.45) is 6.13. The minimum Gasteiger partial charge on any atom is -0.268 e. The monoisotopic (exact) mass is 402 g/mol. The van der Waals surface area contributed by atoms with Crippen LogP contribution in [0.1, 0.15) is 15.9 Å². The van der Waals surface area contributed by atoms with Crippen LogP contribution >= 0.6 is 11.8 Å². The number of carbonyl (C=O) groups is 1. The van der Waals surface area contributed by atoms with Crippen molar-refractivity contribution in [3.8, 4) is 0 Å². The third-order valence-electron chi connectivity index (χ3n) is 3.86. The van der Waals surface area contributed by atoms with Crippen molar-refractivity contribution in [3.63, 3.8) is 0 Å². The highest BCUT2D eigenvalue weighted by Crippen LogP contribution is 2.23. The molecule has 0 fully saturated rings. The molecular weight excluding hydrogens is 388 g/mol. The number of nitrogens with zero attached hydrogens (tertiary/aromatic N) is 5. The van der Waals surface area contributed by atoms with Gasteiger partial charge < -0.3 is 0 Å². The van der Waals surface area contributed by atoms with Gasteiger partial charge >= 0.3 is 0 Å². The Hall–Kier alpha value is -3.85. The molecule has 8 nitrogen and oxygen atoms in total. The maximum atomic E-state index is 13.0. The molecule has 9 heteroatoms. The van der Waals surface area contributed by atoms with Crippen LogP contribution < -0.4 is 11.0 Å². The number of aromatic nitrogens is 4. The molecule has 3 aromatic heterocycles. The van der Waals surface area contributed by atoms with Crippen LogP contribution in [0.2, 0.25) is 0 Å². The summed E-state index contributed by atoms with van der Waals surface area (Å²) < 4.78 is 1.41. The fourth-order valence-corrected chi connectivity index (χ4v) is 3.29. The Bertz CT molecular complexity index is 1240. The Morgan fingerprint density at radius 1 is 1.03 bits per heavy atom. The van der Waals surface area contributed by atoms with Gasteiger partial charge in [-0.2, -0.15) is 5.10 Å². The van der Waals surface area contributed by atoms with E-state index in [4.69, 9.17) is 0 Å².